The number of carbonyl (C=O) groups is 1. The van der Waals surface area contributed by atoms with Crippen molar-refractivity contribution < 1.29 is 27.2 Å². The van der Waals surface area contributed by atoms with E-state index < -0.39 is 22.5 Å². The maximum absolute atomic E-state index is 11.9. The van der Waals surface area contributed by atoms with Crippen LogP contribution in [0.15, 0.2) is 64.5 Å². The number of ether oxygens (including phenoxy) is 2. The average Bonchev–Trinajstić information content (AvgIpc) is 3.24. The van der Waals surface area contributed by atoms with E-state index in [-0.39, 0.29) is 18.3 Å². The van der Waals surface area contributed by atoms with Crippen LogP contribution in [0.2, 0.25) is 0 Å². The standard InChI is InChI=1S/C20H19N3O6S/c1-27-17-10-6-5-9-16(17)20-22-18(29-23-20)14-28-19(24)13-21-30(25,26)12-11-15-7-3-2-4-8-15/h2-12,21H,13-14H2,1H3/b12-11+. The van der Waals surface area contributed by atoms with E-state index in [9.17, 15) is 13.2 Å². The fraction of sp³-hybridized carbons (Fsp3) is 0.150. The summed E-state index contributed by atoms with van der Waals surface area (Å²) in [6.07, 6.45) is 1.42. The third-order valence-corrected chi connectivity index (χ3v) is 4.87. The summed E-state index contributed by atoms with van der Waals surface area (Å²) in [7, 11) is -2.27. The number of para-hydroxylation sites is 1. The number of esters is 1. The number of rotatable bonds is 9. The predicted octanol–water partition coefficient (Wildman–Crippen LogP) is 2.38. The number of sulfonamides is 1. The van der Waals surface area contributed by atoms with Gasteiger partial charge in [-0.15, -0.1) is 0 Å². The molecule has 0 saturated carbocycles. The summed E-state index contributed by atoms with van der Waals surface area (Å²) >= 11 is 0. The Kier molecular flexibility index (Phi) is 6.94. The van der Waals surface area contributed by atoms with Crippen molar-refractivity contribution in [2.24, 2.45) is 0 Å². The molecular weight excluding hydrogens is 410 g/mol. The minimum Gasteiger partial charge on any atom is -0.496 e. The average molecular weight is 429 g/mol. The van der Waals surface area contributed by atoms with Gasteiger partial charge in [0.15, 0.2) is 6.61 Å². The van der Waals surface area contributed by atoms with E-state index >= 15 is 0 Å². The zero-order valence-corrected chi connectivity index (χ0v) is 16.8. The van der Waals surface area contributed by atoms with E-state index in [0.717, 1.165) is 5.41 Å². The van der Waals surface area contributed by atoms with E-state index in [0.29, 0.717) is 16.9 Å². The van der Waals surface area contributed by atoms with Crippen LogP contribution in [0.5, 0.6) is 5.75 Å². The van der Waals surface area contributed by atoms with Gasteiger partial charge in [-0.25, -0.2) is 13.1 Å². The monoisotopic (exact) mass is 429 g/mol. The quantitative estimate of drug-likeness (QED) is 0.515. The molecule has 0 bridgehead atoms. The summed E-state index contributed by atoms with van der Waals surface area (Å²) in [5.41, 5.74) is 1.34. The maximum Gasteiger partial charge on any atom is 0.321 e. The van der Waals surface area contributed by atoms with Crippen LogP contribution in [0, 0.1) is 0 Å². The highest BCUT2D eigenvalue weighted by Crippen LogP contribution is 2.27. The molecule has 10 heteroatoms. The molecule has 0 radical (unpaired) electrons. The lowest BCUT2D eigenvalue weighted by Crippen LogP contribution is -2.29. The zero-order chi connectivity index (χ0) is 21.4. The Morgan fingerprint density at radius 1 is 1.13 bits per heavy atom. The van der Waals surface area contributed by atoms with Gasteiger partial charge in [0, 0.05) is 5.41 Å². The first kappa shape index (κ1) is 21.2. The molecule has 0 aliphatic carbocycles. The van der Waals surface area contributed by atoms with Gasteiger partial charge in [-0.05, 0) is 23.8 Å². The van der Waals surface area contributed by atoms with Gasteiger partial charge in [-0.3, -0.25) is 4.79 Å². The van der Waals surface area contributed by atoms with E-state index in [4.69, 9.17) is 14.0 Å². The Morgan fingerprint density at radius 3 is 2.63 bits per heavy atom. The van der Waals surface area contributed by atoms with E-state index in [1.807, 2.05) is 6.07 Å². The topological polar surface area (TPSA) is 121 Å². The van der Waals surface area contributed by atoms with Crippen LogP contribution in [0.25, 0.3) is 17.5 Å². The lowest BCUT2D eigenvalue weighted by Gasteiger charge is -2.03. The molecule has 1 heterocycles. The molecule has 3 rings (SSSR count). The van der Waals surface area contributed by atoms with Crippen LogP contribution in [0.3, 0.4) is 0 Å². The van der Waals surface area contributed by atoms with Crippen LogP contribution in [-0.4, -0.2) is 38.2 Å². The highest BCUT2D eigenvalue weighted by molar-refractivity contribution is 7.92. The molecule has 0 amide bonds. The summed E-state index contributed by atoms with van der Waals surface area (Å²) < 4.78 is 41.3. The van der Waals surface area contributed by atoms with Gasteiger partial charge in [0.2, 0.25) is 15.8 Å². The van der Waals surface area contributed by atoms with Gasteiger partial charge in [0.25, 0.3) is 5.89 Å². The lowest BCUT2D eigenvalue weighted by atomic mass is 10.2. The van der Waals surface area contributed by atoms with Crippen LogP contribution in [0.1, 0.15) is 11.5 Å². The van der Waals surface area contributed by atoms with Crippen molar-refractivity contribution in [3.05, 3.63) is 71.5 Å². The molecule has 30 heavy (non-hydrogen) atoms. The van der Waals surface area contributed by atoms with Crippen LogP contribution >= 0.6 is 0 Å². The molecule has 0 unspecified atom stereocenters. The predicted molar refractivity (Wildman–Crippen MR) is 108 cm³/mol. The molecule has 0 fully saturated rings. The lowest BCUT2D eigenvalue weighted by molar-refractivity contribution is -0.144. The second kappa shape index (κ2) is 9.81. The van der Waals surface area contributed by atoms with Gasteiger partial charge in [-0.1, -0.05) is 47.6 Å². The molecule has 2 aromatic carbocycles. The number of nitrogens with one attached hydrogen (secondary N) is 1. The summed E-state index contributed by atoms with van der Waals surface area (Å²) in [5.74, 6) is 0.130. The summed E-state index contributed by atoms with van der Waals surface area (Å²) in [4.78, 5) is 16.0. The second-order valence-electron chi connectivity index (χ2n) is 5.95. The first-order valence-electron chi connectivity index (χ1n) is 8.81. The highest BCUT2D eigenvalue weighted by atomic mass is 32.2. The van der Waals surface area contributed by atoms with E-state index in [2.05, 4.69) is 14.9 Å². The summed E-state index contributed by atoms with van der Waals surface area (Å²) in [5, 5.41) is 4.81. The summed E-state index contributed by atoms with van der Waals surface area (Å²) in [6, 6.07) is 16.0. The number of hydrogen-bond donors (Lipinski definition) is 1. The number of benzene rings is 2. The van der Waals surface area contributed by atoms with Crippen molar-refractivity contribution >= 4 is 22.1 Å². The van der Waals surface area contributed by atoms with Crippen molar-refractivity contribution in [3.63, 3.8) is 0 Å². The van der Waals surface area contributed by atoms with Crippen molar-refractivity contribution in [2.45, 2.75) is 6.61 Å². The number of nitrogens with zero attached hydrogens (tertiary/aromatic N) is 2. The Balaban J connectivity index is 1.50. The molecule has 0 aliphatic heterocycles. The van der Waals surface area contributed by atoms with Gasteiger partial charge in [0.1, 0.15) is 12.3 Å². The first-order valence-corrected chi connectivity index (χ1v) is 10.4. The largest absolute Gasteiger partial charge is 0.496 e. The SMILES string of the molecule is COc1ccccc1-c1noc(COC(=O)CNS(=O)(=O)/C=C/c2ccccc2)n1. The molecule has 3 aromatic rings. The second-order valence-corrected chi connectivity index (χ2v) is 7.60. The van der Waals surface area contributed by atoms with Crippen molar-refractivity contribution in [2.75, 3.05) is 13.7 Å². The first-order chi connectivity index (χ1) is 14.5. The number of aromatic nitrogens is 2. The third kappa shape index (κ3) is 6.00. The molecule has 1 N–H and O–H groups in total. The Labute approximate surface area is 173 Å². The van der Waals surface area contributed by atoms with Crippen LogP contribution in [0.4, 0.5) is 0 Å². The molecule has 0 atom stereocenters. The highest BCUT2D eigenvalue weighted by Gasteiger charge is 2.15. The van der Waals surface area contributed by atoms with Gasteiger partial charge >= 0.3 is 5.97 Å². The van der Waals surface area contributed by atoms with Gasteiger partial charge in [-0.2, -0.15) is 4.98 Å². The molecule has 9 nitrogen and oxygen atoms in total. The number of carbonyl (C=O) groups excluding carboxylic acids is 1. The van der Waals surface area contributed by atoms with Crippen LogP contribution in [-0.2, 0) is 26.2 Å². The third-order valence-electron chi connectivity index (χ3n) is 3.83. The molecule has 156 valence electrons. The van der Waals surface area contributed by atoms with Gasteiger partial charge < -0.3 is 14.0 Å². The minimum absolute atomic E-state index is 0.0658. The smallest absolute Gasteiger partial charge is 0.321 e. The Hall–Kier alpha value is -3.50. The summed E-state index contributed by atoms with van der Waals surface area (Å²) in [6.45, 7) is -0.822. The molecule has 0 spiro atoms. The molecular formula is C20H19N3O6S. The van der Waals surface area contributed by atoms with Crippen LogP contribution < -0.4 is 9.46 Å². The minimum atomic E-state index is -3.79. The van der Waals surface area contributed by atoms with Gasteiger partial charge in [0.05, 0.1) is 12.7 Å². The molecule has 0 aliphatic rings. The number of methoxy groups -OCH3 is 1. The fourth-order valence-electron chi connectivity index (χ4n) is 2.39. The van der Waals surface area contributed by atoms with Crippen molar-refractivity contribution in [3.8, 4) is 17.1 Å². The maximum atomic E-state index is 11.9. The molecule has 1 aromatic heterocycles. The fourth-order valence-corrected chi connectivity index (χ4v) is 3.14. The normalized spacial score (nSPS) is 11.5. The van der Waals surface area contributed by atoms with E-state index in [1.165, 1.54) is 13.2 Å². The Morgan fingerprint density at radius 2 is 1.87 bits per heavy atom. The molecule has 0 saturated heterocycles. The van der Waals surface area contributed by atoms with E-state index in [1.54, 1.807) is 48.5 Å². The Bertz CT molecular complexity index is 1130. The van der Waals surface area contributed by atoms with Crippen molar-refractivity contribution in [1.82, 2.24) is 14.9 Å². The number of hydrogen-bond acceptors (Lipinski definition) is 8. The zero-order valence-electron chi connectivity index (χ0n) is 16.0. The van der Waals surface area contributed by atoms with Crippen molar-refractivity contribution in [1.29, 1.82) is 0 Å².